The Kier molecular flexibility index (Phi) is 4.77. The molecule has 11 heteroatoms. The molecule has 0 bridgehead atoms. The van der Waals surface area contributed by atoms with Gasteiger partial charge in [-0.25, -0.2) is 28.2 Å². The molecular formula is C22H13F2N7O2. The number of oxazole rings is 1. The minimum absolute atomic E-state index is 0.0346. The Morgan fingerprint density at radius 2 is 1.88 bits per heavy atom. The van der Waals surface area contributed by atoms with Crippen LogP contribution in [0.5, 0.6) is 0 Å². The lowest BCUT2D eigenvalue weighted by Gasteiger charge is -2.10. The van der Waals surface area contributed by atoms with Gasteiger partial charge in [0.2, 0.25) is 0 Å². The summed E-state index contributed by atoms with van der Waals surface area (Å²) in [6.45, 7) is 0. The Morgan fingerprint density at radius 3 is 2.58 bits per heavy atom. The van der Waals surface area contributed by atoms with Crippen LogP contribution in [0.1, 0.15) is 23.1 Å². The summed E-state index contributed by atoms with van der Waals surface area (Å²) < 4.78 is 35.2. The molecule has 0 saturated carbocycles. The second-order valence-corrected chi connectivity index (χ2v) is 7.00. The third kappa shape index (κ3) is 3.35. The number of anilines is 1. The summed E-state index contributed by atoms with van der Waals surface area (Å²) in [5.74, 6) is -2.01. The van der Waals surface area contributed by atoms with Gasteiger partial charge < -0.3 is 15.3 Å². The highest BCUT2D eigenvalue weighted by atomic mass is 19.1. The third-order valence-electron chi connectivity index (χ3n) is 4.97. The van der Waals surface area contributed by atoms with Crippen molar-refractivity contribution in [2.45, 2.75) is 6.10 Å². The number of aliphatic hydroxyl groups is 1. The van der Waals surface area contributed by atoms with Crippen LogP contribution in [0.2, 0.25) is 0 Å². The third-order valence-corrected chi connectivity index (χ3v) is 4.97. The minimum atomic E-state index is -1.81. The zero-order chi connectivity index (χ0) is 23.1. The number of halogens is 2. The van der Waals surface area contributed by atoms with Gasteiger partial charge >= 0.3 is 0 Å². The van der Waals surface area contributed by atoms with E-state index in [0.717, 1.165) is 12.1 Å². The summed E-state index contributed by atoms with van der Waals surface area (Å²) in [6, 6.07) is 11.9. The first-order chi connectivity index (χ1) is 16.0. The Labute approximate surface area is 184 Å². The molecule has 3 heterocycles. The Balaban J connectivity index is 1.78. The highest BCUT2D eigenvalue weighted by Crippen LogP contribution is 2.34. The van der Waals surface area contributed by atoms with Crippen LogP contribution in [0.3, 0.4) is 0 Å². The van der Waals surface area contributed by atoms with Crippen molar-refractivity contribution in [3.8, 4) is 28.8 Å². The largest absolute Gasteiger partial charge is 0.442 e. The predicted molar refractivity (Wildman–Crippen MR) is 111 cm³/mol. The molecule has 5 rings (SSSR count). The number of nitrogen functional groups attached to an aromatic ring is 1. The molecule has 0 spiro atoms. The predicted octanol–water partition coefficient (Wildman–Crippen LogP) is 3.26. The molecule has 0 fully saturated rings. The van der Waals surface area contributed by atoms with Crippen molar-refractivity contribution in [2.24, 2.45) is 0 Å². The van der Waals surface area contributed by atoms with Gasteiger partial charge in [0.25, 0.3) is 0 Å². The van der Waals surface area contributed by atoms with E-state index >= 15 is 0 Å². The fourth-order valence-electron chi connectivity index (χ4n) is 3.48. The Bertz CT molecular complexity index is 1520. The zero-order valence-electron chi connectivity index (χ0n) is 16.6. The van der Waals surface area contributed by atoms with E-state index in [1.807, 2.05) is 0 Å². The molecule has 3 N–H and O–H groups in total. The van der Waals surface area contributed by atoms with Gasteiger partial charge in [0.1, 0.15) is 29.1 Å². The van der Waals surface area contributed by atoms with Crippen LogP contribution in [0.4, 0.5) is 14.6 Å². The lowest BCUT2D eigenvalue weighted by Crippen LogP contribution is -2.08. The smallest absolute Gasteiger partial charge is 0.199 e. The van der Waals surface area contributed by atoms with Crippen molar-refractivity contribution < 1.29 is 18.3 Å². The van der Waals surface area contributed by atoms with E-state index < -0.39 is 23.3 Å². The molecule has 1 atom stereocenters. The van der Waals surface area contributed by atoms with Crippen LogP contribution >= 0.6 is 0 Å². The number of nitrogens with two attached hydrogens (primary N) is 1. The maximum Gasteiger partial charge on any atom is 0.199 e. The Morgan fingerprint density at radius 1 is 1.12 bits per heavy atom. The van der Waals surface area contributed by atoms with E-state index in [2.05, 4.69) is 26.1 Å². The molecular weight excluding hydrogens is 432 g/mol. The number of hydrogen-bond acceptors (Lipinski definition) is 8. The van der Waals surface area contributed by atoms with E-state index in [-0.39, 0.29) is 28.7 Å². The molecule has 33 heavy (non-hydrogen) atoms. The average molecular weight is 445 g/mol. The SMILES string of the molecule is N#Cc1cccc(-c2nc(N)c3nc(C(O)c4c(F)cccc4F)nn3c2-c2cnco2)c1. The van der Waals surface area contributed by atoms with Crippen LogP contribution < -0.4 is 5.73 Å². The highest BCUT2D eigenvalue weighted by Gasteiger charge is 2.27. The van der Waals surface area contributed by atoms with Gasteiger partial charge in [-0.2, -0.15) is 5.26 Å². The molecule has 3 aromatic heterocycles. The molecule has 0 amide bonds. The van der Waals surface area contributed by atoms with Crippen molar-refractivity contribution in [3.63, 3.8) is 0 Å². The fraction of sp³-hybridized carbons (Fsp3) is 0.0455. The first kappa shape index (κ1) is 20.2. The molecule has 5 aromatic rings. The lowest BCUT2D eigenvalue weighted by molar-refractivity contribution is 0.199. The topological polar surface area (TPSA) is 139 Å². The standard InChI is InChI=1S/C22H13F2N7O2/c23-13-5-2-6-14(24)16(13)19(32)21-29-22-20(26)28-17(12-4-1-3-11(7-12)8-25)18(31(22)30-21)15-9-27-10-33-15/h1-7,9-10,19,32H,(H2,26,28). The minimum Gasteiger partial charge on any atom is -0.442 e. The van der Waals surface area contributed by atoms with Crippen LogP contribution in [0.15, 0.2) is 59.5 Å². The van der Waals surface area contributed by atoms with E-state index in [9.17, 15) is 19.1 Å². The number of hydrogen-bond donors (Lipinski definition) is 2. The molecule has 0 radical (unpaired) electrons. The number of aromatic nitrogens is 5. The first-order valence-corrected chi connectivity index (χ1v) is 9.55. The van der Waals surface area contributed by atoms with Crippen LogP contribution in [-0.4, -0.2) is 29.7 Å². The van der Waals surface area contributed by atoms with Crippen LogP contribution in [-0.2, 0) is 0 Å². The van der Waals surface area contributed by atoms with Crippen LogP contribution in [0, 0.1) is 23.0 Å². The summed E-state index contributed by atoms with van der Waals surface area (Å²) in [6.07, 6.45) is 0.811. The molecule has 0 aliphatic heterocycles. The quantitative estimate of drug-likeness (QED) is 0.430. The molecule has 0 aliphatic rings. The van der Waals surface area contributed by atoms with Gasteiger partial charge in [-0.15, -0.1) is 5.10 Å². The summed E-state index contributed by atoms with van der Waals surface area (Å²) in [5, 5.41) is 24.2. The monoisotopic (exact) mass is 445 g/mol. The van der Waals surface area contributed by atoms with Gasteiger partial charge in [-0.05, 0) is 24.3 Å². The number of fused-ring (bicyclic) bond motifs is 1. The van der Waals surface area contributed by atoms with Crippen molar-refractivity contribution in [2.75, 3.05) is 5.73 Å². The number of nitriles is 1. The number of nitrogens with zero attached hydrogens (tertiary/aromatic N) is 6. The maximum atomic E-state index is 14.2. The zero-order valence-corrected chi connectivity index (χ0v) is 16.6. The molecule has 0 aliphatic carbocycles. The van der Waals surface area contributed by atoms with Gasteiger partial charge in [0.05, 0.1) is 23.4 Å². The average Bonchev–Trinajstić information content (AvgIpc) is 3.50. The van der Waals surface area contributed by atoms with Gasteiger partial charge in [0, 0.05) is 5.56 Å². The summed E-state index contributed by atoms with van der Waals surface area (Å²) in [4.78, 5) is 12.5. The molecule has 162 valence electrons. The Hall–Kier alpha value is -4.69. The van der Waals surface area contributed by atoms with E-state index in [1.54, 1.807) is 24.3 Å². The molecule has 2 aromatic carbocycles. The van der Waals surface area contributed by atoms with Gasteiger partial charge in [-0.1, -0.05) is 18.2 Å². The van der Waals surface area contributed by atoms with Crippen LogP contribution in [0.25, 0.3) is 28.4 Å². The second kappa shape index (κ2) is 7.77. The van der Waals surface area contributed by atoms with Gasteiger partial charge in [0.15, 0.2) is 29.4 Å². The summed E-state index contributed by atoms with van der Waals surface area (Å²) >= 11 is 0. The highest BCUT2D eigenvalue weighted by molar-refractivity contribution is 5.81. The van der Waals surface area contributed by atoms with E-state index in [0.29, 0.717) is 16.8 Å². The number of benzene rings is 2. The maximum absolute atomic E-state index is 14.2. The lowest BCUT2D eigenvalue weighted by atomic mass is 10.1. The fourth-order valence-corrected chi connectivity index (χ4v) is 3.48. The van der Waals surface area contributed by atoms with Crippen molar-refractivity contribution in [3.05, 3.63) is 83.6 Å². The van der Waals surface area contributed by atoms with Crippen molar-refractivity contribution in [1.29, 1.82) is 5.26 Å². The number of rotatable bonds is 4. The normalized spacial score (nSPS) is 12.1. The van der Waals surface area contributed by atoms with Gasteiger partial charge in [-0.3, -0.25) is 0 Å². The second-order valence-electron chi connectivity index (χ2n) is 7.00. The number of aliphatic hydroxyl groups excluding tert-OH is 1. The molecule has 0 saturated heterocycles. The summed E-state index contributed by atoms with van der Waals surface area (Å²) in [7, 11) is 0. The van der Waals surface area contributed by atoms with E-state index in [1.165, 1.54) is 23.2 Å². The summed E-state index contributed by atoms with van der Waals surface area (Å²) in [5.41, 5.74) is 7.06. The molecule has 9 nitrogen and oxygen atoms in total. The van der Waals surface area contributed by atoms with E-state index in [4.69, 9.17) is 10.2 Å². The van der Waals surface area contributed by atoms with Crippen molar-refractivity contribution in [1.82, 2.24) is 24.6 Å². The first-order valence-electron chi connectivity index (χ1n) is 9.55. The van der Waals surface area contributed by atoms with Crippen molar-refractivity contribution >= 4 is 11.5 Å². The molecule has 1 unspecified atom stereocenters.